The van der Waals surface area contributed by atoms with Gasteiger partial charge >= 0.3 is 27.7 Å². The Hall–Kier alpha value is -0.418. The van der Waals surface area contributed by atoms with Crippen molar-refractivity contribution in [1.82, 2.24) is 0 Å². The van der Waals surface area contributed by atoms with Crippen LogP contribution in [0.2, 0.25) is 0 Å². The van der Waals surface area contributed by atoms with E-state index in [1.54, 1.807) is 12.4 Å². The third-order valence-electron chi connectivity index (χ3n) is 1.14. The van der Waals surface area contributed by atoms with Gasteiger partial charge in [0.15, 0.2) is 0 Å². The van der Waals surface area contributed by atoms with Gasteiger partial charge in [-0.15, -0.1) is 5.56 Å². The summed E-state index contributed by atoms with van der Waals surface area (Å²) in [6, 6.07) is 9.62. The molecule has 1 rings (SSSR count). The molecule has 0 aliphatic carbocycles. The van der Waals surface area contributed by atoms with Crippen molar-refractivity contribution in [1.29, 1.82) is 0 Å². The SMILES string of the molecule is O=[C-]C=Cc1ccccc1.[Cl][Pd+]. The van der Waals surface area contributed by atoms with Crippen molar-refractivity contribution in [3.8, 4) is 0 Å². The summed E-state index contributed by atoms with van der Waals surface area (Å²) in [7, 11) is 4.49. The molecule has 0 saturated heterocycles. The van der Waals surface area contributed by atoms with E-state index in [-0.39, 0.29) is 0 Å². The molecular formula is C9H7ClOPd. The van der Waals surface area contributed by atoms with E-state index in [4.69, 9.17) is 0 Å². The number of allylic oxidation sites excluding steroid dienone is 1. The topological polar surface area (TPSA) is 17.1 Å². The molecule has 1 nitrogen and oxygen atoms in total. The molecule has 66 valence electrons. The molecule has 0 saturated carbocycles. The maximum atomic E-state index is 9.77. The fourth-order valence-corrected chi connectivity index (χ4v) is 0.694. The Morgan fingerprint density at radius 2 is 1.83 bits per heavy atom. The first-order valence-corrected chi connectivity index (χ1v) is 5.15. The zero-order valence-corrected chi connectivity index (χ0v) is 8.45. The van der Waals surface area contributed by atoms with Gasteiger partial charge in [-0.3, -0.25) is 0 Å². The number of rotatable bonds is 2. The van der Waals surface area contributed by atoms with Crippen LogP contribution in [0.5, 0.6) is 0 Å². The Morgan fingerprint density at radius 1 is 1.25 bits per heavy atom. The molecule has 1 aromatic carbocycles. The molecule has 1 aromatic rings. The van der Waals surface area contributed by atoms with Crippen molar-refractivity contribution < 1.29 is 23.0 Å². The Morgan fingerprint density at radius 3 is 2.33 bits per heavy atom. The monoisotopic (exact) mass is 272 g/mol. The molecule has 3 heteroatoms. The molecule has 0 atom stereocenters. The van der Waals surface area contributed by atoms with E-state index in [9.17, 15) is 4.79 Å². The predicted octanol–water partition coefficient (Wildman–Crippen LogP) is 2.50. The van der Waals surface area contributed by atoms with E-state index >= 15 is 0 Å². The van der Waals surface area contributed by atoms with Gasteiger partial charge in [-0.25, -0.2) is 6.08 Å². The van der Waals surface area contributed by atoms with E-state index < -0.39 is 0 Å². The van der Waals surface area contributed by atoms with E-state index in [0.29, 0.717) is 0 Å². The number of halogens is 1. The van der Waals surface area contributed by atoms with Crippen molar-refractivity contribution in [2.75, 3.05) is 0 Å². The summed E-state index contributed by atoms with van der Waals surface area (Å²) < 4.78 is 0. The van der Waals surface area contributed by atoms with Crippen molar-refractivity contribution in [2.24, 2.45) is 0 Å². The molecule has 0 aliphatic heterocycles. The predicted molar refractivity (Wildman–Crippen MR) is 47.0 cm³/mol. The second-order valence-electron chi connectivity index (χ2n) is 1.86. The average molecular weight is 273 g/mol. The fourth-order valence-electron chi connectivity index (χ4n) is 0.694. The quantitative estimate of drug-likeness (QED) is 0.459. The Bertz CT molecular complexity index is 234. The summed E-state index contributed by atoms with van der Waals surface area (Å²) in [5, 5.41) is 0. The van der Waals surface area contributed by atoms with Crippen molar-refractivity contribution in [3.63, 3.8) is 0 Å². The minimum atomic E-state index is 1.02. The summed E-state index contributed by atoms with van der Waals surface area (Å²) >= 11 is 2.22. The van der Waals surface area contributed by atoms with E-state index in [2.05, 4.69) is 27.7 Å². The minimum absolute atomic E-state index is 1.02. The molecule has 0 unspecified atom stereocenters. The van der Waals surface area contributed by atoms with E-state index in [1.165, 1.54) is 6.08 Å². The molecule has 0 radical (unpaired) electrons. The third-order valence-corrected chi connectivity index (χ3v) is 1.14. The van der Waals surface area contributed by atoms with Gasteiger partial charge in [0.2, 0.25) is 0 Å². The van der Waals surface area contributed by atoms with Gasteiger partial charge in [0, 0.05) is 0 Å². The van der Waals surface area contributed by atoms with Crippen LogP contribution >= 0.6 is 9.53 Å². The number of hydrogen-bond donors (Lipinski definition) is 0. The zero-order valence-electron chi connectivity index (χ0n) is 6.14. The van der Waals surface area contributed by atoms with Crippen LogP contribution in [0.25, 0.3) is 6.08 Å². The van der Waals surface area contributed by atoms with E-state index in [0.717, 1.165) is 5.56 Å². The molecule has 0 aromatic heterocycles. The molecule has 0 amide bonds. The first-order chi connectivity index (χ1) is 5.93. The molecular weight excluding hydrogens is 266 g/mol. The molecule has 0 heterocycles. The summed E-state index contributed by atoms with van der Waals surface area (Å²) in [6.45, 7) is 0. The van der Waals surface area contributed by atoms with Gasteiger partial charge in [0.05, 0.1) is 0 Å². The second-order valence-corrected chi connectivity index (χ2v) is 1.86. The summed E-state index contributed by atoms with van der Waals surface area (Å²) in [5.41, 5.74) is 1.02. The molecule has 0 aliphatic rings. The Kier molecular flexibility index (Phi) is 8.37. The standard InChI is InChI=1S/C9H7O.ClH.Pd/c10-8-4-7-9-5-2-1-3-6-9;;/h1-7H;1H;/q-1;;+2/p-1. The summed E-state index contributed by atoms with van der Waals surface area (Å²) in [4.78, 5) is 9.77. The van der Waals surface area contributed by atoms with Crippen molar-refractivity contribution in [3.05, 3.63) is 42.0 Å². The van der Waals surface area contributed by atoms with Crippen LogP contribution in [0.4, 0.5) is 0 Å². The molecule has 0 bridgehead atoms. The van der Waals surface area contributed by atoms with Gasteiger partial charge in [-0.1, -0.05) is 30.3 Å². The number of carbonyl (C=O) groups excluding carboxylic acids is 1. The average Bonchev–Trinajstić information content (AvgIpc) is 2.19. The van der Waals surface area contributed by atoms with Gasteiger partial charge in [0.1, 0.15) is 0 Å². The molecule has 0 spiro atoms. The zero-order chi connectivity index (χ0) is 9.23. The molecule has 12 heavy (non-hydrogen) atoms. The van der Waals surface area contributed by atoms with Crippen LogP contribution in [-0.2, 0) is 23.0 Å². The second kappa shape index (κ2) is 8.68. The number of benzene rings is 1. The van der Waals surface area contributed by atoms with Gasteiger partial charge in [-0.2, -0.15) is 6.08 Å². The van der Waals surface area contributed by atoms with Crippen LogP contribution in [0, 0.1) is 0 Å². The molecule has 0 fully saturated rings. The van der Waals surface area contributed by atoms with Crippen molar-refractivity contribution in [2.45, 2.75) is 0 Å². The van der Waals surface area contributed by atoms with Gasteiger partial charge < -0.3 is 4.79 Å². The Balaban J connectivity index is 0.000000561. The third kappa shape index (κ3) is 5.26. The van der Waals surface area contributed by atoms with Gasteiger partial charge in [0.25, 0.3) is 0 Å². The fraction of sp³-hybridized carbons (Fsp3) is 0. The number of hydrogen-bond acceptors (Lipinski definition) is 1. The molecule has 0 N–H and O–H groups in total. The Labute approximate surface area is 86.8 Å². The van der Waals surface area contributed by atoms with Crippen LogP contribution < -0.4 is 0 Å². The van der Waals surface area contributed by atoms with Crippen LogP contribution in [0.1, 0.15) is 5.56 Å². The van der Waals surface area contributed by atoms with E-state index in [1.807, 2.05) is 30.3 Å². The first-order valence-electron chi connectivity index (χ1n) is 3.15. The normalized spacial score (nSPS) is 8.92. The van der Waals surface area contributed by atoms with Crippen LogP contribution in [-0.4, -0.2) is 6.29 Å². The van der Waals surface area contributed by atoms with Crippen molar-refractivity contribution >= 4 is 21.9 Å². The summed E-state index contributed by atoms with van der Waals surface area (Å²) in [5.74, 6) is 0. The van der Waals surface area contributed by atoms with Gasteiger partial charge in [-0.05, 0) is 6.29 Å². The maximum absolute atomic E-state index is 9.77. The summed E-state index contributed by atoms with van der Waals surface area (Å²) in [6.07, 6.45) is 4.76. The first kappa shape index (κ1) is 11.6. The van der Waals surface area contributed by atoms with Crippen LogP contribution in [0.15, 0.2) is 36.4 Å². The van der Waals surface area contributed by atoms with Crippen LogP contribution in [0.3, 0.4) is 0 Å².